The number of aryl methyl sites for hydroxylation is 3. The molecule has 0 radical (unpaired) electrons. The highest BCUT2D eigenvalue weighted by Crippen LogP contribution is 2.21. The molecule has 3 aromatic heterocycles. The van der Waals surface area contributed by atoms with Gasteiger partial charge in [0.1, 0.15) is 0 Å². The second-order valence-electron chi connectivity index (χ2n) is 7.75. The minimum absolute atomic E-state index is 0.0861. The second-order valence-corrected chi connectivity index (χ2v) is 7.75. The second kappa shape index (κ2) is 8.25. The monoisotopic (exact) mass is 422 g/mol. The fraction of sp³-hybridized carbons (Fsp3) is 0.364. The van der Waals surface area contributed by atoms with E-state index in [1.807, 2.05) is 18.2 Å². The van der Waals surface area contributed by atoms with Gasteiger partial charge in [0, 0.05) is 56.4 Å². The average Bonchev–Trinajstić information content (AvgIpc) is 3.35. The molecule has 0 unspecified atom stereocenters. The lowest BCUT2D eigenvalue weighted by molar-refractivity contribution is -0.116. The third-order valence-electron chi connectivity index (χ3n) is 5.54. The van der Waals surface area contributed by atoms with E-state index in [2.05, 4.69) is 34.1 Å². The summed E-state index contributed by atoms with van der Waals surface area (Å²) in [6, 6.07) is 7.98. The van der Waals surface area contributed by atoms with Gasteiger partial charge in [-0.1, -0.05) is 6.92 Å². The minimum atomic E-state index is -0.413. The van der Waals surface area contributed by atoms with E-state index in [9.17, 15) is 14.4 Å². The number of hydrogen-bond acceptors (Lipinski definition) is 4. The van der Waals surface area contributed by atoms with Crippen molar-refractivity contribution in [2.24, 2.45) is 14.1 Å². The molecule has 1 N–H and O–H groups in total. The van der Waals surface area contributed by atoms with Crippen molar-refractivity contribution in [1.29, 1.82) is 0 Å². The molecule has 0 bridgehead atoms. The molecular formula is C22H26N6O3. The number of carbonyl (C=O) groups is 1. The van der Waals surface area contributed by atoms with Crippen LogP contribution in [0, 0.1) is 0 Å². The van der Waals surface area contributed by atoms with Crippen molar-refractivity contribution in [2.75, 3.05) is 5.32 Å². The zero-order valence-electron chi connectivity index (χ0n) is 18.0. The van der Waals surface area contributed by atoms with Crippen LogP contribution in [0.5, 0.6) is 0 Å². The minimum Gasteiger partial charge on any atom is -0.347 e. The molecule has 0 aliphatic rings. The third kappa shape index (κ3) is 3.78. The molecule has 0 atom stereocenters. The molecule has 1 aromatic carbocycles. The maximum atomic E-state index is 12.5. The van der Waals surface area contributed by atoms with Crippen molar-refractivity contribution < 1.29 is 4.79 Å². The van der Waals surface area contributed by atoms with Crippen molar-refractivity contribution in [3.05, 3.63) is 57.6 Å². The summed E-state index contributed by atoms with van der Waals surface area (Å²) >= 11 is 0. The average molecular weight is 422 g/mol. The highest BCUT2D eigenvalue weighted by atomic mass is 16.2. The fourth-order valence-electron chi connectivity index (χ4n) is 3.91. The smallest absolute Gasteiger partial charge is 0.332 e. The maximum absolute atomic E-state index is 12.5. The number of benzene rings is 1. The Bertz CT molecular complexity index is 1390. The molecule has 9 nitrogen and oxygen atoms in total. The van der Waals surface area contributed by atoms with Crippen LogP contribution in [0.3, 0.4) is 0 Å². The Balaban J connectivity index is 1.41. The number of amides is 1. The zero-order chi connectivity index (χ0) is 22.1. The molecule has 0 aliphatic carbocycles. The Morgan fingerprint density at radius 2 is 1.87 bits per heavy atom. The Kier molecular flexibility index (Phi) is 5.50. The van der Waals surface area contributed by atoms with Gasteiger partial charge in [-0.15, -0.1) is 0 Å². The van der Waals surface area contributed by atoms with E-state index in [0.29, 0.717) is 30.6 Å². The van der Waals surface area contributed by atoms with Crippen molar-refractivity contribution in [1.82, 2.24) is 23.3 Å². The first kappa shape index (κ1) is 20.6. The summed E-state index contributed by atoms with van der Waals surface area (Å²) in [5, 5.41) is 4.04. The van der Waals surface area contributed by atoms with Gasteiger partial charge in [-0.25, -0.2) is 9.78 Å². The molecular weight excluding hydrogens is 396 g/mol. The molecule has 3 heterocycles. The molecule has 0 saturated carbocycles. The number of aromatic nitrogens is 5. The molecule has 162 valence electrons. The lowest BCUT2D eigenvalue weighted by Crippen LogP contribution is -2.37. The quantitative estimate of drug-likeness (QED) is 0.494. The van der Waals surface area contributed by atoms with Gasteiger partial charge in [0.15, 0.2) is 11.2 Å². The lowest BCUT2D eigenvalue weighted by atomic mass is 10.2. The van der Waals surface area contributed by atoms with Gasteiger partial charge in [-0.3, -0.25) is 18.7 Å². The first-order chi connectivity index (χ1) is 14.9. The van der Waals surface area contributed by atoms with E-state index < -0.39 is 5.69 Å². The maximum Gasteiger partial charge on any atom is 0.332 e. The van der Waals surface area contributed by atoms with Gasteiger partial charge in [0.2, 0.25) is 5.91 Å². The molecule has 9 heteroatoms. The summed E-state index contributed by atoms with van der Waals surface area (Å²) in [5.74, 6) is -0.0861. The van der Waals surface area contributed by atoms with Crippen LogP contribution in [0.1, 0.15) is 26.2 Å². The van der Waals surface area contributed by atoms with E-state index in [-0.39, 0.29) is 11.5 Å². The van der Waals surface area contributed by atoms with Crippen LogP contribution in [0.4, 0.5) is 5.69 Å². The molecule has 1 amide bonds. The largest absolute Gasteiger partial charge is 0.347 e. The number of nitrogens with zero attached hydrogens (tertiary/aromatic N) is 5. The van der Waals surface area contributed by atoms with Gasteiger partial charge in [0.25, 0.3) is 5.56 Å². The molecule has 4 rings (SSSR count). The van der Waals surface area contributed by atoms with Crippen LogP contribution in [0.25, 0.3) is 22.1 Å². The Morgan fingerprint density at radius 3 is 2.65 bits per heavy atom. The summed E-state index contributed by atoms with van der Waals surface area (Å²) in [4.78, 5) is 41.1. The number of hydrogen-bond donors (Lipinski definition) is 1. The normalized spacial score (nSPS) is 11.5. The SMILES string of the molecule is CCCn1ccc2cc(NC(=O)CCCn3cnc4c3c(=O)n(C)c(=O)n4C)ccc21. The van der Waals surface area contributed by atoms with Crippen molar-refractivity contribution >= 4 is 33.7 Å². The van der Waals surface area contributed by atoms with Gasteiger partial charge in [-0.2, -0.15) is 0 Å². The fourth-order valence-corrected chi connectivity index (χ4v) is 3.91. The van der Waals surface area contributed by atoms with E-state index in [4.69, 9.17) is 0 Å². The van der Waals surface area contributed by atoms with Gasteiger partial charge in [-0.05, 0) is 37.1 Å². The van der Waals surface area contributed by atoms with Crippen molar-refractivity contribution in [3.63, 3.8) is 0 Å². The summed E-state index contributed by atoms with van der Waals surface area (Å²) in [6.45, 7) is 3.57. The molecule has 4 aromatic rings. The standard InChI is InChI=1S/C22H26N6O3/c1-4-10-27-12-9-15-13-16(7-8-17(15)27)24-18(29)6-5-11-28-14-23-20-19(28)21(30)26(3)22(31)25(20)2/h7-9,12-14H,4-6,10-11H2,1-3H3,(H,24,29). The first-order valence-corrected chi connectivity index (χ1v) is 10.4. The number of rotatable bonds is 7. The predicted molar refractivity (Wildman–Crippen MR) is 120 cm³/mol. The van der Waals surface area contributed by atoms with Gasteiger partial charge < -0.3 is 14.5 Å². The van der Waals surface area contributed by atoms with Crippen molar-refractivity contribution in [2.45, 2.75) is 39.3 Å². The number of fused-ring (bicyclic) bond motifs is 2. The van der Waals surface area contributed by atoms with E-state index in [0.717, 1.165) is 34.1 Å². The predicted octanol–water partition coefficient (Wildman–Crippen LogP) is 2.22. The lowest BCUT2D eigenvalue weighted by Gasteiger charge is -2.08. The molecule has 0 spiro atoms. The Hall–Kier alpha value is -3.62. The third-order valence-corrected chi connectivity index (χ3v) is 5.54. The molecule has 0 fully saturated rings. The van der Waals surface area contributed by atoms with Crippen LogP contribution in [0.15, 0.2) is 46.4 Å². The first-order valence-electron chi connectivity index (χ1n) is 10.4. The Morgan fingerprint density at radius 1 is 1.06 bits per heavy atom. The van der Waals surface area contributed by atoms with Gasteiger partial charge >= 0.3 is 5.69 Å². The van der Waals surface area contributed by atoms with E-state index in [1.165, 1.54) is 17.9 Å². The van der Waals surface area contributed by atoms with Crippen LogP contribution in [0.2, 0.25) is 0 Å². The topological polar surface area (TPSA) is 95.8 Å². The highest BCUT2D eigenvalue weighted by Gasteiger charge is 2.14. The summed E-state index contributed by atoms with van der Waals surface area (Å²) < 4.78 is 6.32. The van der Waals surface area contributed by atoms with Crippen molar-refractivity contribution in [3.8, 4) is 0 Å². The molecule has 0 aliphatic heterocycles. The van der Waals surface area contributed by atoms with Crippen LogP contribution in [-0.2, 0) is 32.0 Å². The summed E-state index contributed by atoms with van der Waals surface area (Å²) in [5.41, 5.74) is 1.84. The van der Waals surface area contributed by atoms with Crippen LogP contribution >= 0.6 is 0 Å². The Labute approximate surface area is 178 Å². The van der Waals surface area contributed by atoms with Crippen LogP contribution in [-0.4, -0.2) is 29.2 Å². The van der Waals surface area contributed by atoms with Gasteiger partial charge in [0.05, 0.1) is 6.33 Å². The molecule has 31 heavy (non-hydrogen) atoms. The number of imidazole rings is 1. The van der Waals surface area contributed by atoms with Crippen LogP contribution < -0.4 is 16.6 Å². The number of nitrogens with one attached hydrogen (secondary N) is 1. The highest BCUT2D eigenvalue weighted by molar-refractivity contribution is 5.93. The number of carbonyl (C=O) groups excluding carboxylic acids is 1. The van der Waals surface area contributed by atoms with E-state index >= 15 is 0 Å². The zero-order valence-corrected chi connectivity index (χ0v) is 18.0. The summed E-state index contributed by atoms with van der Waals surface area (Å²) in [6.07, 6.45) is 5.52. The number of anilines is 1. The molecule has 0 saturated heterocycles. The summed E-state index contributed by atoms with van der Waals surface area (Å²) in [7, 11) is 3.03. The van der Waals surface area contributed by atoms with E-state index in [1.54, 1.807) is 11.6 Å².